The Bertz CT molecular complexity index is 494. The second-order valence-corrected chi connectivity index (χ2v) is 4.05. The van der Waals surface area contributed by atoms with E-state index in [4.69, 9.17) is 5.11 Å². The number of hydrogen-bond donors (Lipinski definition) is 1. The van der Waals surface area contributed by atoms with Crippen LogP contribution in [0, 0.1) is 17.7 Å². The molecule has 104 valence electrons. The lowest BCUT2D eigenvalue weighted by Crippen LogP contribution is -2.37. The number of halogens is 2. The topological polar surface area (TPSA) is 70.5 Å². The summed E-state index contributed by atoms with van der Waals surface area (Å²) in [5, 5.41) is 8.80. The molecule has 0 aliphatic rings. The smallest absolute Gasteiger partial charge is 0.308 e. The van der Waals surface area contributed by atoms with Crippen molar-refractivity contribution in [2.45, 2.75) is 13.8 Å². The molecule has 0 bridgehead atoms. The maximum absolute atomic E-state index is 13.4. The van der Waals surface area contributed by atoms with Gasteiger partial charge in [-0.15, -0.1) is 0 Å². The standard InChI is InChI=1S/C12H14F2N2O3/c1-3-16(6-7(2)12(18)19)11(17)8-4-5-15-10(14)9(8)13/h4-5,7H,3,6H2,1-2H3,(H,18,19). The van der Waals surface area contributed by atoms with Crippen molar-refractivity contribution >= 4 is 11.9 Å². The van der Waals surface area contributed by atoms with Crippen LogP contribution in [0.25, 0.3) is 0 Å². The molecule has 0 saturated carbocycles. The molecule has 1 N–H and O–H groups in total. The van der Waals surface area contributed by atoms with E-state index in [0.29, 0.717) is 0 Å². The van der Waals surface area contributed by atoms with Gasteiger partial charge in [-0.05, 0) is 13.0 Å². The van der Waals surface area contributed by atoms with Crippen LogP contribution in [0.5, 0.6) is 0 Å². The Morgan fingerprint density at radius 2 is 2.11 bits per heavy atom. The van der Waals surface area contributed by atoms with Crippen LogP contribution in [-0.2, 0) is 4.79 Å². The monoisotopic (exact) mass is 272 g/mol. The molecule has 0 radical (unpaired) electrons. The lowest BCUT2D eigenvalue weighted by Gasteiger charge is -2.23. The average Bonchev–Trinajstić information content (AvgIpc) is 2.38. The van der Waals surface area contributed by atoms with Crippen LogP contribution in [0.2, 0.25) is 0 Å². The number of aliphatic carboxylic acids is 1. The van der Waals surface area contributed by atoms with Gasteiger partial charge in [0.05, 0.1) is 11.5 Å². The fraction of sp³-hybridized carbons (Fsp3) is 0.417. The molecule has 0 aliphatic carbocycles. The Balaban J connectivity index is 2.96. The predicted molar refractivity (Wildman–Crippen MR) is 62.5 cm³/mol. The zero-order valence-corrected chi connectivity index (χ0v) is 10.6. The minimum atomic E-state index is -1.35. The number of carbonyl (C=O) groups is 2. The summed E-state index contributed by atoms with van der Waals surface area (Å²) >= 11 is 0. The van der Waals surface area contributed by atoms with Crippen LogP contribution in [-0.4, -0.2) is 40.0 Å². The van der Waals surface area contributed by atoms with Gasteiger partial charge in [0.25, 0.3) is 5.91 Å². The molecule has 1 aromatic rings. The van der Waals surface area contributed by atoms with Crippen molar-refractivity contribution in [3.63, 3.8) is 0 Å². The highest BCUT2D eigenvalue weighted by atomic mass is 19.2. The zero-order chi connectivity index (χ0) is 14.6. The number of amides is 1. The Morgan fingerprint density at radius 3 is 2.63 bits per heavy atom. The molecule has 5 nitrogen and oxygen atoms in total. The van der Waals surface area contributed by atoms with Gasteiger partial charge in [-0.1, -0.05) is 6.92 Å². The first kappa shape index (κ1) is 15.0. The number of aromatic nitrogens is 1. The fourth-order valence-corrected chi connectivity index (χ4v) is 1.52. The van der Waals surface area contributed by atoms with Gasteiger partial charge >= 0.3 is 5.97 Å². The predicted octanol–water partition coefficient (Wildman–Crippen LogP) is 1.54. The first-order valence-corrected chi connectivity index (χ1v) is 5.70. The first-order valence-electron chi connectivity index (χ1n) is 5.70. The third-order valence-electron chi connectivity index (χ3n) is 2.66. The van der Waals surface area contributed by atoms with Gasteiger partial charge in [-0.3, -0.25) is 9.59 Å². The molecule has 1 aromatic heterocycles. The molecule has 0 aliphatic heterocycles. The highest BCUT2D eigenvalue weighted by Gasteiger charge is 2.24. The molecular formula is C12H14F2N2O3. The molecule has 1 amide bonds. The minimum absolute atomic E-state index is 0.0753. The van der Waals surface area contributed by atoms with E-state index < -0.39 is 35.1 Å². The lowest BCUT2D eigenvalue weighted by atomic mass is 10.1. The van der Waals surface area contributed by atoms with E-state index in [1.165, 1.54) is 6.92 Å². The molecule has 7 heteroatoms. The van der Waals surface area contributed by atoms with Crippen LogP contribution in [0.3, 0.4) is 0 Å². The third-order valence-corrected chi connectivity index (χ3v) is 2.66. The maximum atomic E-state index is 13.4. The van der Waals surface area contributed by atoms with Crippen molar-refractivity contribution in [2.75, 3.05) is 13.1 Å². The van der Waals surface area contributed by atoms with E-state index in [9.17, 15) is 18.4 Å². The van der Waals surface area contributed by atoms with E-state index in [0.717, 1.165) is 17.2 Å². The number of nitrogens with zero attached hydrogens (tertiary/aromatic N) is 2. The molecule has 19 heavy (non-hydrogen) atoms. The summed E-state index contributed by atoms with van der Waals surface area (Å²) in [7, 11) is 0. The fourth-order valence-electron chi connectivity index (χ4n) is 1.52. The van der Waals surface area contributed by atoms with Gasteiger partial charge in [0.15, 0.2) is 5.82 Å². The van der Waals surface area contributed by atoms with E-state index in [1.54, 1.807) is 6.92 Å². The van der Waals surface area contributed by atoms with Gasteiger partial charge in [-0.2, -0.15) is 4.39 Å². The maximum Gasteiger partial charge on any atom is 0.308 e. The van der Waals surface area contributed by atoms with Crippen molar-refractivity contribution in [1.82, 2.24) is 9.88 Å². The number of carboxylic acids is 1. The Morgan fingerprint density at radius 1 is 1.47 bits per heavy atom. The van der Waals surface area contributed by atoms with E-state index >= 15 is 0 Å². The second kappa shape index (κ2) is 6.21. The first-order chi connectivity index (χ1) is 8.88. The second-order valence-electron chi connectivity index (χ2n) is 4.05. The largest absolute Gasteiger partial charge is 0.481 e. The lowest BCUT2D eigenvalue weighted by molar-refractivity contribution is -0.141. The molecule has 0 spiro atoms. The third kappa shape index (κ3) is 3.46. The van der Waals surface area contributed by atoms with Crippen molar-refractivity contribution < 1.29 is 23.5 Å². The van der Waals surface area contributed by atoms with E-state index in [1.807, 2.05) is 0 Å². The highest BCUT2D eigenvalue weighted by Crippen LogP contribution is 2.13. The molecule has 0 fully saturated rings. The number of rotatable bonds is 5. The summed E-state index contributed by atoms with van der Waals surface area (Å²) in [5.74, 6) is -5.29. The van der Waals surface area contributed by atoms with Gasteiger partial charge in [-0.25, -0.2) is 9.37 Å². The van der Waals surface area contributed by atoms with Crippen LogP contribution in [0.15, 0.2) is 12.3 Å². The van der Waals surface area contributed by atoms with Crippen LogP contribution < -0.4 is 0 Å². The van der Waals surface area contributed by atoms with Crippen molar-refractivity contribution in [2.24, 2.45) is 5.92 Å². The molecule has 1 unspecified atom stereocenters. The molecule has 1 heterocycles. The normalized spacial score (nSPS) is 12.0. The zero-order valence-electron chi connectivity index (χ0n) is 10.6. The van der Waals surface area contributed by atoms with Crippen LogP contribution in [0.4, 0.5) is 8.78 Å². The molecule has 1 atom stereocenters. The van der Waals surface area contributed by atoms with Crippen molar-refractivity contribution in [3.05, 3.63) is 29.6 Å². The summed E-state index contributed by atoms with van der Waals surface area (Å²) in [6.07, 6.45) is 0.986. The van der Waals surface area contributed by atoms with Crippen molar-refractivity contribution in [1.29, 1.82) is 0 Å². The number of pyridine rings is 1. The minimum Gasteiger partial charge on any atom is -0.481 e. The Hall–Kier alpha value is -2.05. The highest BCUT2D eigenvalue weighted by molar-refractivity contribution is 5.94. The number of carboxylic acid groups (broad SMARTS) is 1. The number of hydrogen-bond acceptors (Lipinski definition) is 3. The quantitative estimate of drug-likeness (QED) is 0.825. The molecular weight excluding hydrogens is 258 g/mol. The van der Waals surface area contributed by atoms with Crippen LogP contribution >= 0.6 is 0 Å². The summed E-state index contributed by atoms with van der Waals surface area (Å²) < 4.78 is 26.4. The summed E-state index contributed by atoms with van der Waals surface area (Å²) in [6.45, 7) is 3.18. The Kier molecular flexibility index (Phi) is 4.91. The van der Waals surface area contributed by atoms with Gasteiger partial charge < -0.3 is 10.0 Å². The summed E-state index contributed by atoms with van der Waals surface area (Å²) in [4.78, 5) is 27.0. The SMILES string of the molecule is CCN(CC(C)C(=O)O)C(=O)c1ccnc(F)c1F. The summed E-state index contributed by atoms with van der Waals surface area (Å²) in [5.41, 5.74) is -0.452. The van der Waals surface area contributed by atoms with Gasteiger partial charge in [0.1, 0.15) is 0 Å². The van der Waals surface area contributed by atoms with Gasteiger partial charge in [0, 0.05) is 19.3 Å². The molecule has 1 rings (SSSR count). The van der Waals surface area contributed by atoms with Crippen LogP contribution in [0.1, 0.15) is 24.2 Å². The van der Waals surface area contributed by atoms with Gasteiger partial charge in [0.2, 0.25) is 5.95 Å². The van der Waals surface area contributed by atoms with Crippen molar-refractivity contribution in [3.8, 4) is 0 Å². The number of carbonyl (C=O) groups excluding carboxylic acids is 1. The Labute approximate surface area is 108 Å². The van der Waals surface area contributed by atoms with E-state index in [2.05, 4.69) is 4.98 Å². The van der Waals surface area contributed by atoms with E-state index in [-0.39, 0.29) is 13.1 Å². The average molecular weight is 272 g/mol. The molecule has 0 saturated heterocycles. The molecule has 0 aromatic carbocycles. The summed E-state index contributed by atoms with van der Waals surface area (Å²) in [6, 6.07) is 1.06.